The largest absolute Gasteiger partial charge is 0.481 e. The number of rotatable bonds is 2. The zero-order valence-corrected chi connectivity index (χ0v) is 9.31. The van der Waals surface area contributed by atoms with E-state index in [1.807, 2.05) is 0 Å². The van der Waals surface area contributed by atoms with Gasteiger partial charge in [0, 0.05) is 17.8 Å². The first kappa shape index (κ1) is 11.6. The maximum Gasteiger partial charge on any atom is 0.315 e. The summed E-state index contributed by atoms with van der Waals surface area (Å²) < 4.78 is 13.4. The molecule has 1 N–H and O–H groups in total. The van der Waals surface area contributed by atoms with Gasteiger partial charge in [-0.25, -0.2) is 4.39 Å². The van der Waals surface area contributed by atoms with Crippen LogP contribution in [-0.2, 0) is 16.0 Å². The van der Waals surface area contributed by atoms with E-state index in [1.165, 1.54) is 24.0 Å². The molecule has 90 valence electrons. The minimum absolute atomic E-state index is 0.340. The summed E-state index contributed by atoms with van der Waals surface area (Å²) >= 11 is 0. The van der Waals surface area contributed by atoms with Crippen LogP contribution in [0.5, 0.6) is 0 Å². The molecule has 1 aromatic rings. The predicted octanol–water partition coefficient (Wildman–Crippen LogP) is 1.44. The normalized spacial score (nSPS) is 15.5. The van der Waals surface area contributed by atoms with Crippen molar-refractivity contribution in [3.05, 3.63) is 29.6 Å². The molecule has 1 aromatic carbocycles. The Hall–Kier alpha value is -1.91. The predicted molar refractivity (Wildman–Crippen MR) is 59.3 cm³/mol. The number of carboxylic acid groups (broad SMARTS) is 1. The molecule has 0 fully saturated rings. The van der Waals surface area contributed by atoms with Crippen LogP contribution in [0.1, 0.15) is 12.5 Å². The Labute approximate surface area is 97.7 Å². The number of fused-ring (bicyclic) bond motifs is 1. The summed E-state index contributed by atoms with van der Waals surface area (Å²) in [4.78, 5) is 24.0. The van der Waals surface area contributed by atoms with Crippen LogP contribution in [0, 0.1) is 11.7 Å². The molecule has 0 radical (unpaired) electrons. The Morgan fingerprint density at radius 2 is 2.18 bits per heavy atom. The molecule has 0 aliphatic carbocycles. The van der Waals surface area contributed by atoms with E-state index >= 15 is 0 Å². The second kappa shape index (κ2) is 4.16. The topological polar surface area (TPSA) is 57.6 Å². The molecule has 1 amide bonds. The quantitative estimate of drug-likeness (QED) is 0.792. The van der Waals surface area contributed by atoms with Crippen molar-refractivity contribution in [1.82, 2.24) is 0 Å². The molecule has 4 nitrogen and oxygen atoms in total. The van der Waals surface area contributed by atoms with Gasteiger partial charge in [-0.05, 0) is 25.5 Å². The summed E-state index contributed by atoms with van der Waals surface area (Å²) in [6.45, 7) is 1.68. The monoisotopic (exact) mass is 237 g/mol. The first-order valence-corrected chi connectivity index (χ1v) is 5.34. The standard InChI is InChI=1S/C12H12FNO3/c1-7(12(16)17)11(15)14-6-5-8-9(13)3-2-4-10(8)14/h2-4,7H,5-6H2,1H3,(H,16,17). The van der Waals surface area contributed by atoms with Gasteiger partial charge in [0.2, 0.25) is 5.91 Å². The Kier molecular flexibility index (Phi) is 2.83. The molecular weight excluding hydrogens is 225 g/mol. The molecule has 0 saturated heterocycles. The number of carboxylic acids is 1. The van der Waals surface area contributed by atoms with Crippen molar-refractivity contribution in [2.45, 2.75) is 13.3 Å². The Morgan fingerprint density at radius 3 is 2.82 bits per heavy atom. The van der Waals surface area contributed by atoms with Crippen LogP contribution in [0.3, 0.4) is 0 Å². The lowest BCUT2D eigenvalue weighted by Crippen LogP contribution is -2.37. The van der Waals surface area contributed by atoms with Crippen molar-refractivity contribution in [1.29, 1.82) is 0 Å². The second-order valence-corrected chi connectivity index (χ2v) is 4.04. The van der Waals surface area contributed by atoms with Crippen molar-refractivity contribution in [3.63, 3.8) is 0 Å². The van der Waals surface area contributed by atoms with Crippen molar-refractivity contribution in [2.24, 2.45) is 5.92 Å². The number of aliphatic carboxylic acids is 1. The van der Waals surface area contributed by atoms with Gasteiger partial charge in [-0.2, -0.15) is 0 Å². The molecule has 5 heteroatoms. The van der Waals surface area contributed by atoms with Crippen LogP contribution in [0.2, 0.25) is 0 Å². The van der Waals surface area contributed by atoms with Crippen molar-refractivity contribution < 1.29 is 19.1 Å². The summed E-state index contributed by atoms with van der Waals surface area (Å²) in [7, 11) is 0. The molecule has 2 rings (SSSR count). The number of benzene rings is 1. The van der Waals surface area contributed by atoms with Gasteiger partial charge in [-0.1, -0.05) is 6.07 Å². The van der Waals surface area contributed by atoms with Gasteiger partial charge < -0.3 is 10.0 Å². The molecule has 0 aromatic heterocycles. The smallest absolute Gasteiger partial charge is 0.315 e. The van der Waals surface area contributed by atoms with Crippen LogP contribution in [0.25, 0.3) is 0 Å². The fourth-order valence-electron chi connectivity index (χ4n) is 1.96. The average molecular weight is 237 g/mol. The molecule has 0 saturated carbocycles. The maximum absolute atomic E-state index is 13.4. The van der Waals surface area contributed by atoms with E-state index in [4.69, 9.17) is 5.11 Å². The van der Waals surface area contributed by atoms with Crippen LogP contribution < -0.4 is 4.90 Å². The number of hydrogen-bond acceptors (Lipinski definition) is 2. The number of halogens is 1. The Morgan fingerprint density at radius 1 is 1.47 bits per heavy atom. The number of anilines is 1. The zero-order chi connectivity index (χ0) is 12.6. The molecule has 1 atom stereocenters. The Balaban J connectivity index is 2.31. The molecule has 1 heterocycles. The SMILES string of the molecule is CC(C(=O)O)C(=O)N1CCc2c(F)cccc21. The van der Waals surface area contributed by atoms with E-state index in [0.717, 1.165) is 0 Å². The number of hydrogen-bond donors (Lipinski definition) is 1. The molecule has 1 aliphatic rings. The van der Waals surface area contributed by atoms with Gasteiger partial charge in [-0.15, -0.1) is 0 Å². The van der Waals surface area contributed by atoms with Crippen molar-refractivity contribution >= 4 is 17.6 Å². The minimum Gasteiger partial charge on any atom is -0.481 e. The van der Waals surface area contributed by atoms with Crippen LogP contribution >= 0.6 is 0 Å². The lowest BCUT2D eigenvalue weighted by Gasteiger charge is -2.19. The third-order valence-electron chi connectivity index (χ3n) is 2.98. The average Bonchev–Trinajstić information content (AvgIpc) is 2.72. The molecule has 0 spiro atoms. The van der Waals surface area contributed by atoms with E-state index in [2.05, 4.69) is 0 Å². The van der Waals surface area contributed by atoms with E-state index in [9.17, 15) is 14.0 Å². The van der Waals surface area contributed by atoms with Crippen LogP contribution in [0.15, 0.2) is 18.2 Å². The van der Waals surface area contributed by atoms with Crippen LogP contribution in [-0.4, -0.2) is 23.5 Å². The van der Waals surface area contributed by atoms with Crippen LogP contribution in [0.4, 0.5) is 10.1 Å². The van der Waals surface area contributed by atoms with E-state index < -0.39 is 17.8 Å². The highest BCUT2D eigenvalue weighted by molar-refractivity contribution is 6.06. The second-order valence-electron chi connectivity index (χ2n) is 4.04. The molecule has 1 unspecified atom stereocenters. The van der Waals surface area contributed by atoms with Gasteiger partial charge in [0.25, 0.3) is 0 Å². The highest BCUT2D eigenvalue weighted by Gasteiger charge is 2.32. The van der Waals surface area contributed by atoms with E-state index in [-0.39, 0.29) is 5.82 Å². The summed E-state index contributed by atoms with van der Waals surface area (Å²) in [5.41, 5.74) is 0.974. The number of carbonyl (C=O) groups excluding carboxylic acids is 1. The van der Waals surface area contributed by atoms with Gasteiger partial charge in [0.1, 0.15) is 11.7 Å². The van der Waals surface area contributed by atoms with Gasteiger partial charge >= 0.3 is 5.97 Å². The Bertz CT molecular complexity index is 487. The molecule has 0 bridgehead atoms. The van der Waals surface area contributed by atoms with Gasteiger partial charge in [0.15, 0.2) is 0 Å². The van der Waals surface area contributed by atoms with E-state index in [1.54, 1.807) is 6.07 Å². The summed E-state index contributed by atoms with van der Waals surface area (Å²) in [6, 6.07) is 4.50. The van der Waals surface area contributed by atoms with Gasteiger partial charge in [0.05, 0.1) is 0 Å². The molecule has 17 heavy (non-hydrogen) atoms. The van der Waals surface area contributed by atoms with Crippen molar-refractivity contribution in [3.8, 4) is 0 Å². The van der Waals surface area contributed by atoms with Crippen molar-refractivity contribution in [2.75, 3.05) is 11.4 Å². The lowest BCUT2D eigenvalue weighted by molar-refractivity contribution is -0.145. The zero-order valence-electron chi connectivity index (χ0n) is 9.31. The highest BCUT2D eigenvalue weighted by atomic mass is 19.1. The third kappa shape index (κ3) is 1.88. The lowest BCUT2D eigenvalue weighted by atomic mass is 10.1. The fourth-order valence-corrected chi connectivity index (χ4v) is 1.96. The van der Waals surface area contributed by atoms with Gasteiger partial charge in [-0.3, -0.25) is 9.59 Å². The maximum atomic E-state index is 13.4. The fraction of sp³-hybridized carbons (Fsp3) is 0.333. The molecule has 1 aliphatic heterocycles. The minimum atomic E-state index is -1.17. The highest BCUT2D eigenvalue weighted by Crippen LogP contribution is 2.30. The number of amides is 1. The molecular formula is C12H12FNO3. The summed E-state index contributed by atoms with van der Waals surface area (Å²) in [5.74, 6) is -3.12. The first-order chi connectivity index (χ1) is 8.02. The number of nitrogens with zero attached hydrogens (tertiary/aromatic N) is 1. The third-order valence-corrected chi connectivity index (χ3v) is 2.98. The summed E-state index contributed by atoms with van der Waals surface area (Å²) in [6.07, 6.45) is 0.431. The summed E-state index contributed by atoms with van der Waals surface area (Å²) in [5, 5.41) is 8.79. The number of carbonyl (C=O) groups is 2. The first-order valence-electron chi connectivity index (χ1n) is 5.34. The van der Waals surface area contributed by atoms with E-state index in [0.29, 0.717) is 24.2 Å².